The van der Waals surface area contributed by atoms with E-state index in [2.05, 4.69) is 4.72 Å². The minimum absolute atomic E-state index is 0.212. The number of carbonyl (C=O) groups is 1. The monoisotopic (exact) mass is 278 g/mol. The first-order valence-corrected chi connectivity index (χ1v) is 7.56. The van der Waals surface area contributed by atoms with Crippen molar-refractivity contribution in [3.63, 3.8) is 0 Å². The highest BCUT2D eigenvalue weighted by molar-refractivity contribution is 7.87. The Hall–Kier alpha value is -0.660. The molecule has 6 nitrogen and oxygen atoms in total. The van der Waals surface area contributed by atoms with Crippen LogP contribution >= 0.6 is 0 Å². The van der Waals surface area contributed by atoms with Crippen LogP contribution in [-0.2, 0) is 15.0 Å². The van der Waals surface area contributed by atoms with Crippen molar-refractivity contribution >= 4 is 16.2 Å². The molecule has 1 fully saturated rings. The molecule has 0 spiro atoms. The maximum Gasteiger partial charge on any atom is 0.304 e. The lowest BCUT2D eigenvalue weighted by molar-refractivity contribution is -0.138. The van der Waals surface area contributed by atoms with Gasteiger partial charge in [-0.2, -0.15) is 17.4 Å². The van der Waals surface area contributed by atoms with Gasteiger partial charge in [-0.15, -0.1) is 0 Å². The van der Waals surface area contributed by atoms with Crippen LogP contribution in [-0.4, -0.2) is 42.9 Å². The quantitative estimate of drug-likeness (QED) is 0.779. The second-order valence-corrected chi connectivity index (χ2v) is 7.45. The third-order valence-electron chi connectivity index (χ3n) is 3.12. The lowest BCUT2D eigenvalue weighted by Gasteiger charge is -2.31. The molecule has 106 valence electrons. The average Bonchev–Trinajstić information content (AvgIpc) is 2.66. The number of rotatable bonds is 5. The van der Waals surface area contributed by atoms with Crippen molar-refractivity contribution in [3.8, 4) is 0 Å². The molecule has 0 aromatic heterocycles. The van der Waals surface area contributed by atoms with E-state index >= 15 is 0 Å². The van der Waals surface area contributed by atoms with Crippen molar-refractivity contribution in [2.75, 3.05) is 13.1 Å². The van der Waals surface area contributed by atoms with Gasteiger partial charge in [0.25, 0.3) is 10.2 Å². The molecule has 0 aliphatic carbocycles. The Balaban J connectivity index is 2.79. The Labute approximate surface area is 109 Å². The summed E-state index contributed by atoms with van der Waals surface area (Å²) in [6.45, 7) is 6.51. The van der Waals surface area contributed by atoms with Crippen LogP contribution in [0, 0.1) is 5.41 Å². The van der Waals surface area contributed by atoms with Gasteiger partial charge in [-0.25, -0.2) is 0 Å². The predicted octanol–water partition coefficient (Wildman–Crippen LogP) is 0.806. The zero-order valence-corrected chi connectivity index (χ0v) is 12.0. The van der Waals surface area contributed by atoms with Crippen LogP contribution in [0.4, 0.5) is 0 Å². The molecule has 1 heterocycles. The zero-order valence-electron chi connectivity index (χ0n) is 11.1. The van der Waals surface area contributed by atoms with Crippen LogP contribution in [0.25, 0.3) is 0 Å². The number of aliphatic carboxylic acids is 1. The molecule has 0 aromatic carbocycles. The maximum absolute atomic E-state index is 12.1. The lowest BCUT2D eigenvalue weighted by atomic mass is 9.85. The molecule has 0 aromatic rings. The van der Waals surface area contributed by atoms with Gasteiger partial charge >= 0.3 is 5.97 Å². The largest absolute Gasteiger partial charge is 0.481 e. The molecule has 18 heavy (non-hydrogen) atoms. The van der Waals surface area contributed by atoms with E-state index in [0.29, 0.717) is 13.1 Å². The summed E-state index contributed by atoms with van der Waals surface area (Å²) in [6, 6.07) is -0.611. The van der Waals surface area contributed by atoms with E-state index in [4.69, 9.17) is 5.11 Å². The maximum atomic E-state index is 12.1. The Kier molecular flexibility index (Phi) is 4.74. The van der Waals surface area contributed by atoms with E-state index in [9.17, 15) is 13.2 Å². The number of carboxylic acid groups (broad SMARTS) is 1. The van der Waals surface area contributed by atoms with Crippen LogP contribution in [0.3, 0.4) is 0 Å². The van der Waals surface area contributed by atoms with Gasteiger partial charge in [0.2, 0.25) is 0 Å². The van der Waals surface area contributed by atoms with Crippen molar-refractivity contribution in [2.24, 2.45) is 5.41 Å². The molecular formula is C11H22N2O4S. The van der Waals surface area contributed by atoms with Gasteiger partial charge < -0.3 is 5.11 Å². The molecular weight excluding hydrogens is 256 g/mol. The summed E-state index contributed by atoms with van der Waals surface area (Å²) in [4.78, 5) is 10.8. The third kappa shape index (κ3) is 4.22. The number of nitrogens with one attached hydrogen (secondary N) is 1. The van der Waals surface area contributed by atoms with E-state index in [1.807, 2.05) is 20.8 Å². The van der Waals surface area contributed by atoms with Crippen molar-refractivity contribution in [3.05, 3.63) is 0 Å². The summed E-state index contributed by atoms with van der Waals surface area (Å²) in [5.41, 5.74) is -0.439. The molecule has 0 saturated carbocycles. The topological polar surface area (TPSA) is 86.7 Å². The second-order valence-electron chi connectivity index (χ2n) is 5.75. The fourth-order valence-electron chi connectivity index (χ4n) is 1.88. The number of hydrogen-bond donors (Lipinski definition) is 2. The highest BCUT2D eigenvalue weighted by atomic mass is 32.2. The summed E-state index contributed by atoms with van der Waals surface area (Å²) in [5.74, 6) is -1.00. The SMILES string of the molecule is CC(C)(C)C(CC(=O)O)NS(=O)(=O)N1CCCC1. The van der Waals surface area contributed by atoms with Gasteiger partial charge in [0.15, 0.2) is 0 Å². The number of nitrogens with zero attached hydrogens (tertiary/aromatic N) is 1. The molecule has 7 heteroatoms. The molecule has 1 rings (SSSR count). The number of hydrogen-bond acceptors (Lipinski definition) is 3. The van der Waals surface area contributed by atoms with Crippen LogP contribution in [0.5, 0.6) is 0 Å². The summed E-state index contributed by atoms with van der Waals surface area (Å²) < 4.78 is 28.1. The first-order chi connectivity index (χ1) is 8.13. The Morgan fingerprint density at radius 2 is 1.83 bits per heavy atom. The zero-order chi connectivity index (χ0) is 14.0. The first-order valence-electron chi connectivity index (χ1n) is 6.12. The normalized spacial score (nSPS) is 19.9. The van der Waals surface area contributed by atoms with Crippen molar-refractivity contribution in [1.29, 1.82) is 0 Å². The van der Waals surface area contributed by atoms with E-state index in [1.165, 1.54) is 4.31 Å². The summed E-state index contributed by atoms with van der Waals surface area (Å²) in [6.07, 6.45) is 1.51. The molecule has 0 amide bonds. The van der Waals surface area contributed by atoms with Crippen molar-refractivity contribution < 1.29 is 18.3 Å². The fraction of sp³-hybridized carbons (Fsp3) is 0.909. The van der Waals surface area contributed by atoms with Gasteiger partial charge in [0.1, 0.15) is 0 Å². The molecule has 1 aliphatic rings. The summed E-state index contributed by atoms with van der Waals surface area (Å²) in [7, 11) is -3.57. The van der Waals surface area contributed by atoms with Crippen molar-refractivity contribution in [1.82, 2.24) is 9.03 Å². The van der Waals surface area contributed by atoms with Crippen LogP contribution in [0.2, 0.25) is 0 Å². The van der Waals surface area contributed by atoms with Gasteiger partial charge in [0, 0.05) is 19.1 Å². The second kappa shape index (κ2) is 5.54. The van der Waals surface area contributed by atoms with Gasteiger partial charge in [-0.1, -0.05) is 20.8 Å². The molecule has 2 N–H and O–H groups in total. The van der Waals surface area contributed by atoms with Crippen LogP contribution in [0.1, 0.15) is 40.0 Å². The van der Waals surface area contributed by atoms with Crippen LogP contribution in [0.15, 0.2) is 0 Å². The average molecular weight is 278 g/mol. The van der Waals surface area contributed by atoms with Crippen molar-refractivity contribution in [2.45, 2.75) is 46.1 Å². The molecule has 0 bridgehead atoms. The van der Waals surface area contributed by atoms with Gasteiger partial charge in [0.05, 0.1) is 6.42 Å². The third-order valence-corrected chi connectivity index (χ3v) is 4.75. The molecule has 1 aliphatic heterocycles. The Bertz CT molecular complexity index is 394. The summed E-state index contributed by atoms with van der Waals surface area (Å²) >= 11 is 0. The number of carboxylic acids is 1. The minimum atomic E-state index is -3.57. The Morgan fingerprint density at radius 1 is 1.33 bits per heavy atom. The molecule has 0 radical (unpaired) electrons. The van der Waals surface area contributed by atoms with E-state index in [-0.39, 0.29) is 6.42 Å². The fourth-order valence-corrected chi connectivity index (χ4v) is 3.57. The standard InChI is InChI=1S/C11H22N2O4S/c1-11(2,3)9(8-10(14)15)12-18(16,17)13-6-4-5-7-13/h9,12H,4-8H2,1-3H3,(H,14,15). The van der Waals surface area contributed by atoms with E-state index in [1.54, 1.807) is 0 Å². The van der Waals surface area contributed by atoms with Gasteiger partial charge in [-0.05, 0) is 18.3 Å². The molecule has 1 atom stereocenters. The smallest absolute Gasteiger partial charge is 0.304 e. The summed E-state index contributed by atoms with van der Waals surface area (Å²) in [5, 5.41) is 8.86. The lowest BCUT2D eigenvalue weighted by Crippen LogP contribution is -2.50. The van der Waals surface area contributed by atoms with Gasteiger partial charge in [-0.3, -0.25) is 4.79 Å². The highest BCUT2D eigenvalue weighted by Gasteiger charge is 2.34. The molecule has 1 unspecified atom stereocenters. The van der Waals surface area contributed by atoms with E-state index < -0.39 is 27.6 Å². The van der Waals surface area contributed by atoms with Crippen LogP contribution < -0.4 is 4.72 Å². The Morgan fingerprint density at radius 3 is 2.22 bits per heavy atom. The minimum Gasteiger partial charge on any atom is -0.481 e. The highest BCUT2D eigenvalue weighted by Crippen LogP contribution is 2.23. The predicted molar refractivity (Wildman–Crippen MR) is 68.4 cm³/mol. The van der Waals surface area contributed by atoms with E-state index in [0.717, 1.165) is 12.8 Å². The first kappa shape index (κ1) is 15.4. The molecule has 1 saturated heterocycles.